The normalized spacial score (nSPS) is 30.9. The van der Waals surface area contributed by atoms with Crippen LogP contribution in [0.15, 0.2) is 36.4 Å². The largest absolute Gasteiger partial charge is 0.747 e. The number of hydrogen-bond acceptors (Lipinski definition) is 5. The van der Waals surface area contributed by atoms with E-state index in [-0.39, 0.29) is 17.1 Å². The van der Waals surface area contributed by atoms with E-state index in [9.17, 15) is 17.8 Å². The number of methoxy groups -OCH3 is 1. The van der Waals surface area contributed by atoms with E-state index < -0.39 is 20.8 Å². The van der Waals surface area contributed by atoms with Crippen LogP contribution in [0.25, 0.3) is 10.8 Å². The Balaban J connectivity index is 0.000000155. The molecule has 0 spiro atoms. The van der Waals surface area contributed by atoms with E-state index in [1.807, 2.05) is 13.8 Å². The van der Waals surface area contributed by atoms with E-state index in [0.29, 0.717) is 18.8 Å². The molecule has 7 heteroatoms. The van der Waals surface area contributed by atoms with E-state index in [1.165, 1.54) is 34.3 Å². The van der Waals surface area contributed by atoms with Gasteiger partial charge in [-0.2, -0.15) is 0 Å². The summed E-state index contributed by atoms with van der Waals surface area (Å²) < 4.78 is 38.8. The van der Waals surface area contributed by atoms with Gasteiger partial charge in [0.05, 0.1) is 7.11 Å². The minimum atomic E-state index is -4.49. The highest BCUT2D eigenvalue weighted by atomic mass is 32.2. The summed E-state index contributed by atoms with van der Waals surface area (Å²) >= 11 is 1.59. The molecule has 5 nitrogen and oxygen atoms in total. The highest BCUT2D eigenvalue weighted by Gasteiger charge is 2.67. The second kappa shape index (κ2) is 8.33. The molecule has 2 aromatic carbocycles. The first-order valence-corrected chi connectivity index (χ1v) is 13.9. The molecule has 0 aromatic heterocycles. The summed E-state index contributed by atoms with van der Waals surface area (Å²) in [6, 6.07) is 12.9. The highest BCUT2D eigenvalue weighted by Crippen LogP contribution is 2.64. The number of hydrogen-bond donors (Lipinski definition) is 0. The lowest BCUT2D eigenvalue weighted by atomic mass is 9.70. The highest BCUT2D eigenvalue weighted by molar-refractivity contribution is 7.87. The molecule has 4 atom stereocenters. The summed E-state index contributed by atoms with van der Waals surface area (Å²) in [6.45, 7) is 5.59. The van der Waals surface area contributed by atoms with Crippen LogP contribution in [0.1, 0.15) is 51.5 Å². The summed E-state index contributed by atoms with van der Waals surface area (Å²) in [7, 11) is -2.71. The predicted molar refractivity (Wildman–Crippen MR) is 129 cm³/mol. The Bertz CT molecular complexity index is 1130. The predicted octanol–water partition coefficient (Wildman–Crippen LogP) is 4.08. The molecule has 1 saturated heterocycles. The lowest BCUT2D eigenvalue weighted by molar-refractivity contribution is -0.128. The Labute approximate surface area is 195 Å². The maximum absolute atomic E-state index is 12.0. The van der Waals surface area contributed by atoms with Gasteiger partial charge in [-0.1, -0.05) is 51.1 Å². The third-order valence-corrected chi connectivity index (χ3v) is 10.8. The van der Waals surface area contributed by atoms with Crippen molar-refractivity contribution < 1.29 is 22.5 Å². The molecule has 0 N–H and O–H groups in total. The Kier molecular flexibility index (Phi) is 6.14. The molecular formula is C25H32O5S2. The fraction of sp³-hybridized carbons (Fsp3) is 0.560. The molecule has 5 rings (SSSR count). The maximum Gasteiger partial charge on any atom is 0.156 e. The van der Waals surface area contributed by atoms with Crippen molar-refractivity contribution in [1.82, 2.24) is 0 Å². The van der Waals surface area contributed by atoms with Gasteiger partial charge in [0.2, 0.25) is 0 Å². The maximum atomic E-state index is 12.0. The molecule has 3 aliphatic rings. The molecule has 32 heavy (non-hydrogen) atoms. The topological polar surface area (TPSA) is 83.5 Å². The molecule has 2 aromatic rings. The molecule has 2 bridgehead atoms. The van der Waals surface area contributed by atoms with Crippen LogP contribution in [0.5, 0.6) is 5.75 Å². The average molecular weight is 477 g/mol. The number of rotatable bonds is 3. The van der Waals surface area contributed by atoms with Gasteiger partial charge >= 0.3 is 0 Å². The molecule has 1 heterocycles. The second-order valence-corrected chi connectivity index (χ2v) is 12.7. The van der Waals surface area contributed by atoms with Gasteiger partial charge in [-0.15, -0.1) is 0 Å². The first-order chi connectivity index (χ1) is 15.0. The number of carbonyl (C=O) groups is 1. The van der Waals surface area contributed by atoms with Gasteiger partial charge in [0.25, 0.3) is 0 Å². The fourth-order valence-corrected chi connectivity index (χ4v) is 8.79. The first kappa shape index (κ1) is 23.6. The van der Waals surface area contributed by atoms with Crippen molar-refractivity contribution >= 4 is 38.4 Å². The summed E-state index contributed by atoms with van der Waals surface area (Å²) in [5.41, 5.74) is 0.432. The van der Waals surface area contributed by atoms with Gasteiger partial charge in [-0.05, 0) is 52.8 Å². The zero-order valence-corrected chi connectivity index (χ0v) is 20.8. The van der Waals surface area contributed by atoms with E-state index in [2.05, 4.69) is 36.4 Å². The van der Waals surface area contributed by atoms with Crippen LogP contribution in [0.3, 0.4) is 0 Å². The zero-order valence-electron chi connectivity index (χ0n) is 19.1. The molecule has 2 saturated carbocycles. The van der Waals surface area contributed by atoms with Gasteiger partial charge in [0.1, 0.15) is 32.6 Å². The third-order valence-electron chi connectivity index (χ3n) is 8.33. The standard InChI is InChI=1S/C15H16OS.C10H16O4S/c1-16-14-7-6-11-4-2-3-5-13(11)15(14)12-8-9-17-10-12;1-9(2)6-4-5-10(9,3)8(11)7(6)15(12,13)14/h2-7,12H,8-10H2,1H3;6-7H,4-5H2,1-3H3,(H,12,13,14). The number of ketones is 1. The molecule has 174 valence electrons. The minimum absolute atomic E-state index is 0.294. The van der Waals surface area contributed by atoms with Crippen LogP contribution in [-0.4, -0.2) is 42.6 Å². The summed E-state index contributed by atoms with van der Waals surface area (Å²) in [5.74, 6) is 3.70. The quantitative estimate of drug-likeness (QED) is 0.379. The lowest BCUT2D eigenvalue weighted by Gasteiger charge is -2.32. The summed E-state index contributed by atoms with van der Waals surface area (Å²) in [4.78, 5) is 12.0. The number of ether oxygens (including phenoxy) is 1. The second-order valence-electron chi connectivity index (χ2n) is 9.99. The van der Waals surface area contributed by atoms with E-state index in [0.717, 1.165) is 5.75 Å². The number of Topliss-reactive ketones (excluding diaryl/α,β-unsaturated/α-hetero) is 1. The lowest BCUT2D eigenvalue weighted by Crippen LogP contribution is -2.38. The average Bonchev–Trinajstić information content (AvgIpc) is 3.39. The van der Waals surface area contributed by atoms with Crippen LogP contribution in [0.2, 0.25) is 0 Å². The smallest absolute Gasteiger partial charge is 0.156 e. The van der Waals surface area contributed by atoms with Crippen molar-refractivity contribution in [3.63, 3.8) is 0 Å². The monoisotopic (exact) mass is 476 g/mol. The van der Waals surface area contributed by atoms with Crippen molar-refractivity contribution in [2.45, 2.75) is 51.2 Å². The molecule has 0 radical (unpaired) electrons. The van der Waals surface area contributed by atoms with Crippen LogP contribution < -0.4 is 4.74 Å². The molecule has 2 aliphatic carbocycles. The van der Waals surface area contributed by atoms with Gasteiger partial charge < -0.3 is 9.29 Å². The van der Waals surface area contributed by atoms with Gasteiger partial charge in [-0.3, -0.25) is 4.79 Å². The number of carbonyl (C=O) groups excluding carboxylic acids is 1. The van der Waals surface area contributed by atoms with E-state index >= 15 is 0 Å². The summed E-state index contributed by atoms with van der Waals surface area (Å²) in [5, 5.41) is 1.40. The molecule has 3 fully saturated rings. The Morgan fingerprint density at radius 1 is 1.09 bits per heavy atom. The number of fused-ring (bicyclic) bond motifs is 3. The van der Waals surface area contributed by atoms with Crippen molar-refractivity contribution in [1.29, 1.82) is 0 Å². The number of benzene rings is 2. The Hall–Kier alpha value is -1.57. The zero-order chi connectivity index (χ0) is 23.3. The van der Waals surface area contributed by atoms with Crippen molar-refractivity contribution in [2.75, 3.05) is 18.6 Å². The minimum Gasteiger partial charge on any atom is -0.747 e. The van der Waals surface area contributed by atoms with Crippen molar-refractivity contribution in [3.8, 4) is 5.75 Å². The van der Waals surface area contributed by atoms with Crippen molar-refractivity contribution in [3.05, 3.63) is 42.0 Å². The van der Waals surface area contributed by atoms with Gasteiger partial charge in [-0.25, -0.2) is 8.42 Å². The molecule has 0 amide bonds. The number of thiol groups is 1. The van der Waals surface area contributed by atoms with E-state index in [4.69, 9.17) is 4.74 Å². The fourth-order valence-electron chi connectivity index (χ4n) is 6.03. The molecule has 1 aliphatic heterocycles. The van der Waals surface area contributed by atoms with E-state index in [1.54, 1.807) is 25.8 Å². The molecular weight excluding hydrogens is 444 g/mol. The van der Waals surface area contributed by atoms with Crippen LogP contribution in [-0.2, 0) is 26.7 Å². The van der Waals surface area contributed by atoms with Crippen LogP contribution in [0, 0.1) is 16.7 Å². The van der Waals surface area contributed by atoms with Gasteiger partial charge in [0.15, 0.2) is 5.78 Å². The van der Waals surface area contributed by atoms with Crippen molar-refractivity contribution in [2.24, 2.45) is 16.7 Å². The van der Waals surface area contributed by atoms with Crippen LogP contribution in [0.4, 0.5) is 0 Å². The Morgan fingerprint density at radius 3 is 2.34 bits per heavy atom. The SMILES string of the molecule is CC12CCC(C(S(=O)(=O)[O-])C1=O)C2(C)C.COc1ccc2ccccc2c1C1CC[SH+]C1. The summed E-state index contributed by atoms with van der Waals surface area (Å²) in [6.07, 6.45) is 2.67. The molecule has 4 unspecified atom stereocenters. The first-order valence-electron chi connectivity index (χ1n) is 11.2. The van der Waals surface area contributed by atoms with Gasteiger partial charge in [0, 0.05) is 23.3 Å². The van der Waals surface area contributed by atoms with Crippen LogP contribution >= 0.6 is 0 Å². The Morgan fingerprint density at radius 2 is 1.81 bits per heavy atom. The third kappa shape index (κ3) is 3.66.